The fraction of sp³-hybridized carbons (Fsp3) is 0.0455. The van der Waals surface area contributed by atoms with Crippen LogP contribution in [0, 0.1) is 10.1 Å². The van der Waals surface area contributed by atoms with Gasteiger partial charge in [-0.05, 0) is 59.7 Å². The molecule has 30 heavy (non-hydrogen) atoms. The third-order valence-electron chi connectivity index (χ3n) is 4.13. The van der Waals surface area contributed by atoms with Crippen LogP contribution in [0.4, 0.5) is 5.69 Å². The number of Topliss-reactive ketones (excluding diaryl/α,β-unsaturated/α-hetero) is 1. The Hall–Kier alpha value is -2.42. The predicted molar refractivity (Wildman–Crippen MR) is 127 cm³/mol. The van der Waals surface area contributed by atoms with Gasteiger partial charge in [-0.1, -0.05) is 50.1 Å². The van der Waals surface area contributed by atoms with Gasteiger partial charge < -0.3 is 5.11 Å². The first kappa shape index (κ1) is 22.3. The molecule has 3 rings (SSSR count). The zero-order valence-electron chi connectivity index (χ0n) is 15.4. The Labute approximate surface area is 194 Å². The molecule has 0 unspecified atom stereocenters. The number of benzene rings is 3. The summed E-state index contributed by atoms with van der Waals surface area (Å²) in [5, 5.41) is 20.8. The van der Waals surface area contributed by atoms with Crippen molar-refractivity contribution >= 4 is 61.2 Å². The average molecular weight is 549 g/mol. The highest BCUT2D eigenvalue weighted by atomic mass is 79.9. The van der Waals surface area contributed by atoms with Crippen LogP contribution in [0.3, 0.4) is 0 Å². The smallest absolute Gasteiger partial charge is 0.311 e. The summed E-state index contributed by atoms with van der Waals surface area (Å²) in [6.45, 7) is 0. The van der Waals surface area contributed by atoms with E-state index in [4.69, 9.17) is 0 Å². The lowest BCUT2D eigenvalue weighted by atomic mass is 10.1. The van der Waals surface area contributed by atoms with E-state index in [2.05, 4.69) is 31.9 Å². The largest absolute Gasteiger partial charge is 0.502 e. The van der Waals surface area contributed by atoms with Gasteiger partial charge in [0, 0.05) is 26.3 Å². The Bertz CT molecular complexity index is 1110. The fourth-order valence-electron chi connectivity index (χ4n) is 2.59. The quantitative estimate of drug-likeness (QED) is 0.149. The van der Waals surface area contributed by atoms with Gasteiger partial charge in [-0.3, -0.25) is 14.9 Å². The lowest BCUT2D eigenvalue weighted by molar-refractivity contribution is -0.385. The van der Waals surface area contributed by atoms with E-state index in [1.165, 1.54) is 30.0 Å². The molecule has 0 aromatic heterocycles. The normalized spacial score (nSPS) is 11.3. The Morgan fingerprint density at radius 3 is 2.20 bits per heavy atom. The van der Waals surface area contributed by atoms with Crippen LogP contribution < -0.4 is 0 Å². The van der Waals surface area contributed by atoms with E-state index in [-0.39, 0.29) is 5.78 Å². The average Bonchev–Trinajstić information content (AvgIpc) is 2.73. The van der Waals surface area contributed by atoms with Gasteiger partial charge in [-0.25, -0.2) is 0 Å². The molecule has 0 spiro atoms. The molecule has 0 aliphatic rings. The second kappa shape index (κ2) is 10.1. The number of nitro benzene ring substituents is 1. The van der Waals surface area contributed by atoms with Crippen molar-refractivity contribution in [1.82, 2.24) is 0 Å². The van der Waals surface area contributed by atoms with Gasteiger partial charge in [0.25, 0.3) is 0 Å². The van der Waals surface area contributed by atoms with E-state index < -0.39 is 16.4 Å². The molecule has 5 nitrogen and oxygen atoms in total. The molecule has 0 heterocycles. The van der Waals surface area contributed by atoms with E-state index >= 15 is 0 Å². The minimum Gasteiger partial charge on any atom is -0.502 e. The highest BCUT2D eigenvalue weighted by Gasteiger charge is 2.17. The molecular formula is C22H15Br2NO4S. The lowest BCUT2D eigenvalue weighted by Crippen LogP contribution is -2.01. The van der Waals surface area contributed by atoms with Crippen molar-refractivity contribution in [2.45, 2.75) is 5.75 Å². The summed E-state index contributed by atoms with van der Waals surface area (Å²) in [7, 11) is 0. The van der Waals surface area contributed by atoms with Gasteiger partial charge in [0.15, 0.2) is 11.5 Å². The number of hydrogen-bond donors (Lipinski definition) is 1. The van der Waals surface area contributed by atoms with Crippen LogP contribution in [-0.2, 0) is 5.75 Å². The van der Waals surface area contributed by atoms with Crippen molar-refractivity contribution in [1.29, 1.82) is 0 Å². The van der Waals surface area contributed by atoms with Crippen molar-refractivity contribution < 1.29 is 14.8 Å². The minimum absolute atomic E-state index is 0.180. The number of phenols is 1. The highest BCUT2D eigenvalue weighted by Crippen LogP contribution is 2.31. The van der Waals surface area contributed by atoms with Crippen LogP contribution in [0.15, 0.2) is 80.6 Å². The number of halogens is 2. The Balaban J connectivity index is 1.95. The maximum Gasteiger partial charge on any atom is 0.311 e. The maximum absolute atomic E-state index is 13.1. The number of hydrogen-bond acceptors (Lipinski definition) is 5. The second-order valence-corrected chi connectivity index (χ2v) is 9.11. The van der Waals surface area contributed by atoms with Crippen molar-refractivity contribution in [2.75, 3.05) is 0 Å². The van der Waals surface area contributed by atoms with Crippen molar-refractivity contribution in [3.05, 3.63) is 107 Å². The van der Waals surface area contributed by atoms with Crippen molar-refractivity contribution in [3.8, 4) is 5.75 Å². The number of nitro groups is 1. The zero-order chi connectivity index (χ0) is 21.7. The number of rotatable bonds is 7. The minimum atomic E-state index is -0.655. The first-order chi connectivity index (χ1) is 14.3. The van der Waals surface area contributed by atoms with E-state index in [1.807, 2.05) is 24.3 Å². The highest BCUT2D eigenvalue weighted by molar-refractivity contribution is 9.10. The Morgan fingerprint density at radius 1 is 1.00 bits per heavy atom. The molecule has 0 atom stereocenters. The number of nitrogens with zero attached hydrogens (tertiary/aromatic N) is 1. The number of thioether (sulfide) groups is 1. The number of ketones is 1. The third-order valence-corrected chi connectivity index (χ3v) is 6.28. The first-order valence-electron chi connectivity index (χ1n) is 8.70. The summed E-state index contributed by atoms with van der Waals surface area (Å²) in [5.41, 5.74) is 1.61. The summed E-state index contributed by atoms with van der Waals surface area (Å²) in [6, 6.07) is 18.9. The summed E-state index contributed by atoms with van der Waals surface area (Å²) in [6.07, 6.45) is 1.61. The Kier molecular flexibility index (Phi) is 7.47. The zero-order valence-corrected chi connectivity index (χ0v) is 19.4. The molecule has 3 aromatic rings. The van der Waals surface area contributed by atoms with Crippen molar-refractivity contribution in [2.24, 2.45) is 0 Å². The molecule has 0 fully saturated rings. The van der Waals surface area contributed by atoms with Crippen LogP contribution in [-0.4, -0.2) is 15.8 Å². The van der Waals surface area contributed by atoms with E-state index in [1.54, 1.807) is 30.3 Å². The number of phenolic OH excluding ortho intramolecular Hbond substituents is 1. The van der Waals surface area contributed by atoms with E-state index in [9.17, 15) is 20.0 Å². The molecule has 0 saturated carbocycles. The van der Waals surface area contributed by atoms with Gasteiger partial charge in [0.05, 0.1) is 9.83 Å². The van der Waals surface area contributed by atoms with Gasteiger partial charge in [-0.2, -0.15) is 0 Å². The van der Waals surface area contributed by atoms with E-state index in [0.717, 1.165) is 14.5 Å². The number of aromatic hydroxyl groups is 1. The predicted octanol–water partition coefficient (Wildman–Crippen LogP) is 6.98. The number of allylic oxidation sites excluding steroid dienone is 1. The standard InChI is InChI=1S/C22H15Br2NO4S/c23-17-6-1-14(2-7-17)13-30-21(22(27)16-4-8-18(24)9-5-16)12-15-3-10-20(26)19(11-15)25(28)29/h1-12,26H,13H2/b21-12+. The van der Waals surface area contributed by atoms with Crippen LogP contribution >= 0.6 is 43.6 Å². The molecule has 0 radical (unpaired) electrons. The van der Waals surface area contributed by atoms with Crippen LogP contribution in [0.1, 0.15) is 21.5 Å². The molecule has 152 valence electrons. The molecule has 0 aliphatic heterocycles. The molecule has 0 amide bonds. The molecule has 0 bridgehead atoms. The molecule has 0 saturated heterocycles. The summed E-state index contributed by atoms with van der Waals surface area (Å²) in [4.78, 5) is 24.0. The van der Waals surface area contributed by atoms with Crippen LogP contribution in [0.5, 0.6) is 5.75 Å². The fourth-order valence-corrected chi connectivity index (χ4v) is 4.10. The lowest BCUT2D eigenvalue weighted by Gasteiger charge is -2.08. The number of carbonyl (C=O) groups excluding carboxylic acids is 1. The molecular weight excluding hydrogens is 534 g/mol. The first-order valence-corrected chi connectivity index (χ1v) is 11.3. The molecule has 8 heteroatoms. The van der Waals surface area contributed by atoms with Crippen molar-refractivity contribution in [3.63, 3.8) is 0 Å². The number of carbonyl (C=O) groups is 1. The molecule has 0 aliphatic carbocycles. The molecule has 3 aromatic carbocycles. The van der Waals surface area contributed by atoms with Gasteiger partial charge in [0.1, 0.15) is 0 Å². The van der Waals surface area contributed by atoms with Gasteiger partial charge in [0.2, 0.25) is 0 Å². The topological polar surface area (TPSA) is 80.4 Å². The Morgan fingerprint density at radius 2 is 1.60 bits per heavy atom. The summed E-state index contributed by atoms with van der Waals surface area (Å²) in [5.74, 6) is -0.0394. The SMILES string of the molecule is O=C(/C(=C\c1ccc(O)c([N+](=O)[O-])c1)SCc1ccc(Br)cc1)c1ccc(Br)cc1. The van der Waals surface area contributed by atoms with Gasteiger partial charge >= 0.3 is 5.69 Å². The van der Waals surface area contributed by atoms with Crippen LogP contribution in [0.25, 0.3) is 6.08 Å². The van der Waals surface area contributed by atoms with Gasteiger partial charge in [-0.15, -0.1) is 11.8 Å². The third kappa shape index (κ3) is 5.81. The summed E-state index contributed by atoms with van der Waals surface area (Å²) < 4.78 is 1.83. The molecule has 1 N–H and O–H groups in total. The monoisotopic (exact) mass is 547 g/mol. The second-order valence-electron chi connectivity index (χ2n) is 6.27. The summed E-state index contributed by atoms with van der Waals surface area (Å²) >= 11 is 8.11. The maximum atomic E-state index is 13.1. The van der Waals surface area contributed by atoms with Crippen LogP contribution in [0.2, 0.25) is 0 Å². The van der Waals surface area contributed by atoms with E-state index in [0.29, 0.717) is 21.8 Å².